The fourth-order valence-corrected chi connectivity index (χ4v) is 5.11. The van der Waals surface area contributed by atoms with Crippen molar-refractivity contribution in [1.82, 2.24) is 30.7 Å². The largest absolute Gasteiger partial charge is 0.347 e. The highest BCUT2D eigenvalue weighted by Crippen LogP contribution is 2.41. The zero-order valence-electron chi connectivity index (χ0n) is 20.3. The van der Waals surface area contributed by atoms with Gasteiger partial charge in [-0.1, -0.05) is 35.0 Å². The zero-order chi connectivity index (χ0) is 26.4. The van der Waals surface area contributed by atoms with Gasteiger partial charge in [0.1, 0.15) is 17.7 Å². The number of aryl methyl sites for hydroxylation is 2. The summed E-state index contributed by atoms with van der Waals surface area (Å²) in [6.07, 6.45) is 6.74. The maximum Gasteiger partial charge on any atom is 0.255 e. The van der Waals surface area contributed by atoms with E-state index in [0.29, 0.717) is 36.3 Å². The third kappa shape index (κ3) is 4.41. The Bertz CT molecular complexity index is 1570. The van der Waals surface area contributed by atoms with Gasteiger partial charge in [0.2, 0.25) is 17.6 Å². The molecule has 0 aliphatic heterocycles. The lowest BCUT2D eigenvalue weighted by Gasteiger charge is -2.21. The monoisotopic (exact) mass is 532 g/mol. The van der Waals surface area contributed by atoms with E-state index in [-0.39, 0.29) is 34.3 Å². The summed E-state index contributed by atoms with van der Waals surface area (Å²) in [5.41, 5.74) is 2.92. The normalized spacial score (nSPS) is 17.1. The average molecular weight is 533 g/mol. The Kier molecular flexibility index (Phi) is 5.91. The van der Waals surface area contributed by atoms with Crippen molar-refractivity contribution in [2.24, 2.45) is 0 Å². The molecule has 38 heavy (non-hydrogen) atoms. The number of hydrogen-bond donors (Lipinski definition) is 2. The van der Waals surface area contributed by atoms with Crippen molar-refractivity contribution < 1.29 is 18.5 Å². The smallest absolute Gasteiger partial charge is 0.255 e. The quantitative estimate of drug-likeness (QED) is 0.378. The van der Waals surface area contributed by atoms with Crippen LogP contribution in [0, 0.1) is 12.7 Å². The summed E-state index contributed by atoms with van der Waals surface area (Å²) in [5, 5.41) is 10.1. The van der Waals surface area contributed by atoms with Crippen LogP contribution in [0.4, 0.5) is 4.39 Å². The van der Waals surface area contributed by atoms with E-state index >= 15 is 0 Å². The van der Waals surface area contributed by atoms with Crippen LogP contribution < -0.4 is 10.6 Å². The van der Waals surface area contributed by atoms with E-state index in [2.05, 4.69) is 30.7 Å². The zero-order valence-corrected chi connectivity index (χ0v) is 21.1. The van der Waals surface area contributed by atoms with Crippen LogP contribution in [-0.4, -0.2) is 37.5 Å². The molecule has 2 aromatic carbocycles. The van der Waals surface area contributed by atoms with Crippen LogP contribution >= 0.6 is 11.6 Å². The van der Waals surface area contributed by atoms with Crippen molar-refractivity contribution in [2.75, 3.05) is 0 Å². The van der Waals surface area contributed by atoms with Gasteiger partial charge in [0, 0.05) is 24.3 Å². The third-order valence-corrected chi connectivity index (χ3v) is 7.22. The first-order valence-electron chi connectivity index (χ1n) is 12.1. The lowest BCUT2D eigenvalue weighted by molar-refractivity contribution is -0.124. The topological polar surface area (TPSA) is 123 Å². The number of carbonyl (C=O) groups is 2. The van der Waals surface area contributed by atoms with Crippen molar-refractivity contribution in [3.8, 4) is 22.5 Å². The Morgan fingerprint density at radius 1 is 1.16 bits per heavy atom. The van der Waals surface area contributed by atoms with E-state index in [9.17, 15) is 14.0 Å². The van der Waals surface area contributed by atoms with Crippen LogP contribution in [0.25, 0.3) is 22.5 Å². The molecule has 9 nitrogen and oxygen atoms in total. The number of fused-ring (bicyclic) bond motifs is 1. The molecule has 1 fully saturated rings. The molecular formula is C27H22ClFN6O3. The van der Waals surface area contributed by atoms with E-state index in [1.165, 1.54) is 24.8 Å². The maximum atomic E-state index is 15.0. The fraction of sp³-hybridized carbons (Fsp3) is 0.259. The highest BCUT2D eigenvalue weighted by atomic mass is 35.5. The number of rotatable bonds is 6. The molecule has 192 valence electrons. The Labute approximate surface area is 221 Å². The highest BCUT2D eigenvalue weighted by molar-refractivity contribution is 6.31. The van der Waals surface area contributed by atoms with Crippen molar-refractivity contribution >= 4 is 23.4 Å². The van der Waals surface area contributed by atoms with E-state index in [1.807, 2.05) is 18.2 Å². The molecule has 11 heteroatoms. The van der Waals surface area contributed by atoms with Crippen molar-refractivity contribution in [2.45, 2.75) is 44.2 Å². The van der Waals surface area contributed by atoms with Gasteiger partial charge in [-0.25, -0.2) is 14.4 Å². The summed E-state index contributed by atoms with van der Waals surface area (Å²) in [6, 6.07) is 8.49. The molecular weight excluding hydrogens is 511 g/mol. The van der Waals surface area contributed by atoms with E-state index < -0.39 is 11.4 Å². The number of carbonyl (C=O) groups excluding carboxylic acids is 2. The minimum atomic E-state index is -0.925. The summed E-state index contributed by atoms with van der Waals surface area (Å²) in [6.45, 7) is 1.64. The first-order valence-corrected chi connectivity index (χ1v) is 12.5. The Morgan fingerprint density at radius 3 is 2.66 bits per heavy atom. The van der Waals surface area contributed by atoms with E-state index in [1.54, 1.807) is 13.0 Å². The minimum Gasteiger partial charge on any atom is -0.347 e. The van der Waals surface area contributed by atoms with Crippen LogP contribution in [0.1, 0.15) is 52.7 Å². The van der Waals surface area contributed by atoms with Gasteiger partial charge in [-0.2, -0.15) is 4.98 Å². The first kappa shape index (κ1) is 24.2. The summed E-state index contributed by atoms with van der Waals surface area (Å²) < 4.78 is 20.1. The summed E-state index contributed by atoms with van der Waals surface area (Å²) in [4.78, 5) is 37.7. The Morgan fingerprint density at radius 2 is 1.95 bits per heavy atom. The SMILES string of the molecule is Cc1nc(-c2c(F)cc(Cl)cc2-c2ccc3c(c2)CC[C@@H]3NC(=O)C2(NC(=O)c3cncnc3)CC2)no1. The number of nitrogens with zero attached hydrogens (tertiary/aromatic N) is 4. The number of aromatic nitrogens is 4. The lowest BCUT2D eigenvalue weighted by Crippen LogP contribution is -2.49. The van der Waals surface area contributed by atoms with Gasteiger partial charge in [0.25, 0.3) is 5.91 Å². The summed E-state index contributed by atoms with van der Waals surface area (Å²) in [5.74, 6) is -0.657. The molecule has 0 bridgehead atoms. The second-order valence-corrected chi connectivity index (χ2v) is 10.0. The number of hydrogen-bond acceptors (Lipinski definition) is 7. The second-order valence-electron chi connectivity index (χ2n) is 9.59. The molecule has 2 heterocycles. The number of halogens is 2. The maximum absolute atomic E-state index is 15.0. The first-order chi connectivity index (χ1) is 18.3. The molecule has 2 N–H and O–H groups in total. The van der Waals surface area contributed by atoms with E-state index in [0.717, 1.165) is 23.1 Å². The highest BCUT2D eigenvalue weighted by Gasteiger charge is 2.52. The standard InChI is InChI=1S/C27H22ClFN6O3/c1-14-32-24(35-38-14)23-20(9-18(28)10-21(23)29)16-2-4-19-15(8-16)3-5-22(19)33-26(37)27(6-7-27)34-25(36)17-11-30-13-31-12-17/h2,4,8-13,22H,3,5-7H2,1H3,(H,33,37)(H,34,36)/t22-/m0/s1. The van der Waals surface area contributed by atoms with E-state index in [4.69, 9.17) is 16.1 Å². The molecule has 2 aliphatic carbocycles. The molecule has 0 radical (unpaired) electrons. The Balaban J connectivity index is 1.23. The van der Waals surface area contributed by atoms with Crippen molar-refractivity contribution in [3.63, 3.8) is 0 Å². The molecule has 0 unspecified atom stereocenters. The molecule has 4 aromatic rings. The van der Waals surface area contributed by atoms with Gasteiger partial charge in [-0.3, -0.25) is 9.59 Å². The molecule has 2 aromatic heterocycles. The van der Waals surface area contributed by atoms with Gasteiger partial charge in [0.15, 0.2) is 0 Å². The van der Waals surface area contributed by atoms with Crippen LogP contribution in [0.15, 0.2) is 53.6 Å². The van der Waals surface area contributed by atoms with Gasteiger partial charge < -0.3 is 15.2 Å². The Hall–Kier alpha value is -4.18. The van der Waals surface area contributed by atoms with Crippen molar-refractivity contribution in [1.29, 1.82) is 0 Å². The number of benzene rings is 2. The molecule has 2 amide bonds. The molecule has 6 rings (SSSR count). The molecule has 1 saturated carbocycles. The summed E-state index contributed by atoms with van der Waals surface area (Å²) in [7, 11) is 0. The van der Waals surface area contributed by atoms with Crippen LogP contribution in [-0.2, 0) is 11.2 Å². The molecule has 0 saturated heterocycles. The minimum absolute atomic E-state index is 0.149. The van der Waals surface area contributed by atoms with Gasteiger partial charge >= 0.3 is 0 Å². The predicted molar refractivity (Wildman–Crippen MR) is 136 cm³/mol. The van der Waals surface area contributed by atoms with Crippen LogP contribution in [0.2, 0.25) is 5.02 Å². The average Bonchev–Trinajstić information content (AvgIpc) is 3.40. The number of nitrogens with one attached hydrogen (secondary N) is 2. The number of amides is 2. The van der Waals surface area contributed by atoms with Crippen LogP contribution in [0.5, 0.6) is 0 Å². The van der Waals surface area contributed by atoms with Crippen LogP contribution in [0.3, 0.4) is 0 Å². The second kappa shape index (κ2) is 9.29. The summed E-state index contributed by atoms with van der Waals surface area (Å²) >= 11 is 6.20. The predicted octanol–water partition coefficient (Wildman–Crippen LogP) is 4.36. The molecule has 1 atom stereocenters. The third-order valence-electron chi connectivity index (χ3n) is 7.00. The van der Waals surface area contributed by atoms with Crippen molar-refractivity contribution in [3.05, 3.63) is 82.5 Å². The molecule has 0 spiro atoms. The van der Waals surface area contributed by atoms with Gasteiger partial charge in [-0.05, 0) is 60.1 Å². The fourth-order valence-electron chi connectivity index (χ4n) is 4.90. The van der Waals surface area contributed by atoms with Gasteiger partial charge in [-0.15, -0.1) is 0 Å². The molecule has 2 aliphatic rings. The lowest BCUT2D eigenvalue weighted by atomic mass is 9.95. The van der Waals surface area contributed by atoms with Gasteiger partial charge in [0.05, 0.1) is 17.2 Å².